The number of anilines is 1. The van der Waals surface area contributed by atoms with Crippen LogP contribution in [0.1, 0.15) is 22.8 Å². The minimum absolute atomic E-state index is 0.114. The van der Waals surface area contributed by atoms with Gasteiger partial charge in [-0.15, -0.1) is 6.58 Å². The second-order valence-corrected chi connectivity index (χ2v) is 4.69. The monoisotopic (exact) mass is 273 g/mol. The molecule has 6 nitrogen and oxygen atoms in total. The van der Waals surface area contributed by atoms with Gasteiger partial charge in [0.1, 0.15) is 17.9 Å². The Bertz CT molecular complexity index is 705. The maximum atomic E-state index is 11.1. The first-order chi connectivity index (χ1) is 9.65. The van der Waals surface area contributed by atoms with Gasteiger partial charge >= 0.3 is 5.97 Å². The number of imidazole rings is 1. The molecule has 0 unspecified atom stereocenters. The molecular weight excluding hydrogens is 258 g/mol. The molecule has 0 bridgehead atoms. The van der Waals surface area contributed by atoms with Crippen LogP contribution in [0.5, 0.6) is 5.75 Å². The molecule has 0 saturated heterocycles. The van der Waals surface area contributed by atoms with Crippen LogP contribution in [-0.4, -0.2) is 34.3 Å². The third kappa shape index (κ3) is 1.72. The van der Waals surface area contributed by atoms with E-state index in [0.717, 1.165) is 11.9 Å². The third-order valence-corrected chi connectivity index (χ3v) is 3.46. The molecule has 0 aliphatic carbocycles. The van der Waals surface area contributed by atoms with E-state index in [-0.39, 0.29) is 11.6 Å². The molecule has 1 aromatic heterocycles. The predicted molar refractivity (Wildman–Crippen MR) is 75.6 cm³/mol. The van der Waals surface area contributed by atoms with Gasteiger partial charge < -0.3 is 19.7 Å². The van der Waals surface area contributed by atoms with Crippen molar-refractivity contribution in [2.24, 2.45) is 0 Å². The van der Waals surface area contributed by atoms with E-state index < -0.39 is 5.97 Å². The number of nitrogens with one attached hydrogen (secondary N) is 1. The lowest BCUT2D eigenvalue weighted by Crippen LogP contribution is -2.22. The second kappa shape index (κ2) is 4.56. The van der Waals surface area contributed by atoms with E-state index in [1.165, 1.54) is 0 Å². The van der Waals surface area contributed by atoms with Gasteiger partial charge in [-0.25, -0.2) is 9.78 Å². The van der Waals surface area contributed by atoms with Gasteiger partial charge in [0, 0.05) is 7.05 Å². The van der Waals surface area contributed by atoms with Crippen molar-refractivity contribution in [3.05, 3.63) is 30.4 Å². The van der Waals surface area contributed by atoms with E-state index in [0.29, 0.717) is 23.8 Å². The molecular formula is C14H15N3O3. The van der Waals surface area contributed by atoms with Gasteiger partial charge in [0.05, 0.1) is 17.1 Å². The highest BCUT2D eigenvalue weighted by Gasteiger charge is 2.27. The zero-order chi connectivity index (χ0) is 14.3. The predicted octanol–water partition coefficient (Wildman–Crippen LogP) is 2.29. The van der Waals surface area contributed by atoms with E-state index in [4.69, 9.17) is 9.84 Å². The highest BCUT2D eigenvalue weighted by molar-refractivity contribution is 5.96. The summed E-state index contributed by atoms with van der Waals surface area (Å²) in [6, 6.07) is 3.23. The maximum absolute atomic E-state index is 11.1. The van der Waals surface area contributed by atoms with E-state index >= 15 is 0 Å². The Morgan fingerprint density at radius 1 is 1.70 bits per heavy atom. The number of aromatic carboxylic acids is 1. The average Bonchev–Trinajstić information content (AvgIpc) is 2.82. The number of aromatic nitrogens is 2. The lowest BCUT2D eigenvalue weighted by atomic mass is 10.1. The summed E-state index contributed by atoms with van der Waals surface area (Å²) in [4.78, 5) is 15.6. The topological polar surface area (TPSA) is 76.4 Å². The summed E-state index contributed by atoms with van der Waals surface area (Å²) in [7, 11) is 1.79. The van der Waals surface area contributed by atoms with Crippen LogP contribution in [0.4, 0.5) is 5.95 Å². The molecule has 6 heteroatoms. The van der Waals surface area contributed by atoms with Gasteiger partial charge in [-0.05, 0) is 18.6 Å². The first kappa shape index (κ1) is 12.5. The van der Waals surface area contributed by atoms with Crippen molar-refractivity contribution in [3.63, 3.8) is 0 Å². The molecule has 2 N–H and O–H groups in total. The summed E-state index contributed by atoms with van der Waals surface area (Å²) < 4.78 is 7.77. The fraction of sp³-hybridized carbons (Fsp3) is 0.286. The van der Waals surface area contributed by atoms with Crippen LogP contribution < -0.4 is 10.1 Å². The van der Waals surface area contributed by atoms with E-state index in [1.54, 1.807) is 19.2 Å². The van der Waals surface area contributed by atoms with Crippen molar-refractivity contribution in [3.8, 4) is 5.75 Å². The Morgan fingerprint density at radius 3 is 3.15 bits per heavy atom. The molecule has 0 fully saturated rings. The summed E-state index contributed by atoms with van der Waals surface area (Å²) in [6.45, 7) is 4.24. The number of benzene rings is 1. The molecule has 1 atom stereocenters. The Kier molecular flexibility index (Phi) is 2.85. The maximum Gasteiger partial charge on any atom is 0.335 e. The quantitative estimate of drug-likeness (QED) is 0.836. The summed E-state index contributed by atoms with van der Waals surface area (Å²) >= 11 is 0. The molecule has 1 aliphatic heterocycles. The summed E-state index contributed by atoms with van der Waals surface area (Å²) in [5.41, 5.74) is 1.64. The third-order valence-electron chi connectivity index (χ3n) is 3.46. The van der Waals surface area contributed by atoms with Crippen LogP contribution in [0.2, 0.25) is 0 Å². The number of hydrogen-bond donors (Lipinski definition) is 2. The Hall–Kier alpha value is -2.50. The molecule has 0 amide bonds. The first-order valence-corrected chi connectivity index (χ1v) is 6.36. The lowest BCUT2D eigenvalue weighted by Gasteiger charge is -2.26. The van der Waals surface area contributed by atoms with Crippen LogP contribution in [0.3, 0.4) is 0 Å². The van der Waals surface area contributed by atoms with Crippen molar-refractivity contribution in [2.75, 3.05) is 19.0 Å². The normalized spacial score (nSPS) is 16.8. The van der Waals surface area contributed by atoms with E-state index in [9.17, 15) is 4.79 Å². The van der Waals surface area contributed by atoms with Gasteiger partial charge in [0.2, 0.25) is 5.95 Å². The van der Waals surface area contributed by atoms with E-state index in [2.05, 4.69) is 21.4 Å². The number of carboxylic acid groups (broad SMARTS) is 1. The molecule has 0 spiro atoms. The molecule has 0 radical (unpaired) electrons. The van der Waals surface area contributed by atoms with Crippen molar-refractivity contribution in [1.29, 1.82) is 0 Å². The molecule has 0 saturated carbocycles. The Labute approximate surface area is 115 Å². The lowest BCUT2D eigenvalue weighted by molar-refractivity contribution is 0.0696. The van der Waals surface area contributed by atoms with Gasteiger partial charge in [0.15, 0.2) is 0 Å². The molecule has 1 aliphatic rings. The van der Waals surface area contributed by atoms with E-state index in [1.807, 2.05) is 6.08 Å². The number of carboxylic acids is 1. The smallest absolute Gasteiger partial charge is 0.335 e. The number of carbonyl (C=O) groups is 1. The highest BCUT2D eigenvalue weighted by Crippen LogP contribution is 2.37. The Balaban J connectivity index is 2.28. The van der Waals surface area contributed by atoms with Crippen LogP contribution in [0, 0.1) is 0 Å². The largest absolute Gasteiger partial charge is 0.489 e. The molecule has 1 aromatic carbocycles. The summed E-state index contributed by atoms with van der Waals surface area (Å²) in [6.07, 6.45) is 2.61. The van der Waals surface area contributed by atoms with Crippen molar-refractivity contribution >= 4 is 23.0 Å². The standard InChI is InChI=1S/C14H15N3O3/c1-3-4-9-7-20-11-6-8(13(18)19)5-10-12(11)17(9)14(15-2)16-10/h3,5-6,9H,1,4,7H2,2H3,(H,15,16)(H,18,19)/t9-/m1/s1. The number of hydrogen-bond acceptors (Lipinski definition) is 4. The highest BCUT2D eigenvalue weighted by atomic mass is 16.5. The van der Waals surface area contributed by atoms with Crippen molar-refractivity contribution in [2.45, 2.75) is 12.5 Å². The number of rotatable bonds is 4. The van der Waals surface area contributed by atoms with Crippen LogP contribution in [0.25, 0.3) is 11.0 Å². The summed E-state index contributed by atoms with van der Waals surface area (Å²) in [5, 5.41) is 12.2. The zero-order valence-corrected chi connectivity index (χ0v) is 11.1. The SMILES string of the molecule is C=CC[C@@H]1COc2cc(C(=O)O)cc3nc(NC)n1c23. The molecule has 2 aromatic rings. The second-order valence-electron chi connectivity index (χ2n) is 4.69. The number of nitrogens with zero attached hydrogens (tertiary/aromatic N) is 2. The summed E-state index contributed by atoms with van der Waals surface area (Å²) in [5.74, 6) is 0.286. The van der Waals surface area contributed by atoms with Crippen molar-refractivity contribution < 1.29 is 14.6 Å². The minimum atomic E-state index is -0.986. The van der Waals surface area contributed by atoms with Crippen LogP contribution >= 0.6 is 0 Å². The zero-order valence-electron chi connectivity index (χ0n) is 11.1. The molecule has 3 rings (SSSR count). The van der Waals surface area contributed by atoms with Gasteiger partial charge in [-0.3, -0.25) is 0 Å². The van der Waals surface area contributed by atoms with Crippen LogP contribution in [0.15, 0.2) is 24.8 Å². The molecule has 104 valence electrons. The van der Waals surface area contributed by atoms with Gasteiger partial charge in [-0.2, -0.15) is 0 Å². The Morgan fingerprint density at radius 2 is 2.50 bits per heavy atom. The minimum Gasteiger partial charge on any atom is -0.489 e. The molecule has 20 heavy (non-hydrogen) atoms. The number of allylic oxidation sites excluding steroid dienone is 1. The number of ether oxygens (including phenoxy) is 1. The average molecular weight is 273 g/mol. The fourth-order valence-electron chi connectivity index (χ4n) is 2.59. The van der Waals surface area contributed by atoms with Crippen LogP contribution in [-0.2, 0) is 0 Å². The fourth-order valence-corrected chi connectivity index (χ4v) is 2.59. The first-order valence-electron chi connectivity index (χ1n) is 6.36. The van der Waals surface area contributed by atoms with Gasteiger partial charge in [-0.1, -0.05) is 6.08 Å². The molecule has 2 heterocycles. The van der Waals surface area contributed by atoms with Crippen molar-refractivity contribution in [1.82, 2.24) is 9.55 Å². The van der Waals surface area contributed by atoms with Gasteiger partial charge in [0.25, 0.3) is 0 Å².